The van der Waals surface area contributed by atoms with Crippen molar-refractivity contribution in [3.05, 3.63) is 7.05 Å². The normalized spacial score (nSPS) is 6.00. The summed E-state index contributed by atoms with van der Waals surface area (Å²) < 4.78 is 0. The van der Waals surface area contributed by atoms with Crippen LogP contribution in [0.15, 0.2) is 0 Å². The van der Waals surface area contributed by atoms with Crippen molar-refractivity contribution in [1.82, 2.24) is 5.32 Å². The van der Waals surface area contributed by atoms with E-state index in [9.17, 15) is 0 Å². The van der Waals surface area contributed by atoms with Crippen LogP contribution >= 0.6 is 0 Å². The average Bonchev–Trinajstić information content (AvgIpc) is 1.37. The third kappa shape index (κ3) is 12.0. The maximum atomic E-state index is 3.35. The van der Waals surface area contributed by atoms with Crippen LogP contribution in [0.2, 0.25) is 0 Å². The summed E-state index contributed by atoms with van der Waals surface area (Å²) in [6.45, 7) is 2.97. The van der Waals surface area contributed by atoms with E-state index in [1.165, 1.54) is 0 Å². The van der Waals surface area contributed by atoms with E-state index in [4.69, 9.17) is 0 Å². The van der Waals surface area contributed by atoms with E-state index < -0.39 is 0 Å². The summed E-state index contributed by atoms with van der Waals surface area (Å²) in [6.07, 6.45) is 0. The van der Waals surface area contributed by atoms with Crippen molar-refractivity contribution in [3.8, 4) is 0 Å². The summed E-state index contributed by atoms with van der Waals surface area (Å²) >= 11 is 0. The quantitative estimate of drug-likeness (QED) is 0.655. The largest absolute Gasteiger partial charge is 0.473 e. The second-order valence-electron chi connectivity index (χ2n) is 0.604. The van der Waals surface area contributed by atoms with Gasteiger partial charge in [0.1, 0.15) is 0 Å². The topological polar surface area (TPSA) is 12.0 Å². The van der Waals surface area contributed by atoms with Crippen molar-refractivity contribution in [3.63, 3.8) is 0 Å². The molecule has 0 aliphatic rings. The minimum atomic E-state index is 0. The molecule has 0 aromatic heterocycles. The third-order valence-electron chi connectivity index (χ3n) is 0.250. The molecule has 0 aromatic carbocycles. The Morgan fingerprint density at radius 2 is 2.00 bits per heavy atom. The molecule has 0 saturated carbocycles. The fourth-order valence-electron chi connectivity index (χ4n) is 0. The number of hydrogen-bond acceptors (Lipinski definition) is 1. The first-order chi connectivity index (χ1) is 1.91. The molecule has 0 aliphatic heterocycles. The van der Waals surface area contributed by atoms with Gasteiger partial charge in [-0.1, -0.05) is 6.92 Å². The predicted molar refractivity (Wildman–Crippen MR) is 19.0 cm³/mol. The van der Waals surface area contributed by atoms with Crippen molar-refractivity contribution in [2.75, 3.05) is 6.54 Å². The van der Waals surface area contributed by atoms with Crippen molar-refractivity contribution in [1.29, 1.82) is 0 Å². The van der Waals surface area contributed by atoms with Crippen LogP contribution in [0.4, 0.5) is 0 Å². The van der Waals surface area contributed by atoms with Gasteiger partial charge in [0.15, 0.2) is 0 Å². The maximum absolute atomic E-state index is 3.35. The van der Waals surface area contributed by atoms with E-state index in [1.54, 1.807) is 0 Å². The first-order valence-electron chi connectivity index (χ1n) is 1.41. The van der Waals surface area contributed by atoms with Gasteiger partial charge >= 0.3 is 0 Å². The first-order valence-corrected chi connectivity index (χ1v) is 1.41. The van der Waals surface area contributed by atoms with E-state index in [1.807, 2.05) is 6.92 Å². The van der Waals surface area contributed by atoms with Gasteiger partial charge in [0, 0.05) is 21.1 Å². The van der Waals surface area contributed by atoms with Gasteiger partial charge in [-0.05, 0) is 6.54 Å². The average molecular weight is 242 g/mol. The van der Waals surface area contributed by atoms with Gasteiger partial charge in [-0.3, -0.25) is 7.05 Å². The van der Waals surface area contributed by atoms with Crippen molar-refractivity contribution < 1.29 is 21.1 Å². The van der Waals surface area contributed by atoms with Crippen LogP contribution in [0.5, 0.6) is 0 Å². The van der Waals surface area contributed by atoms with Gasteiger partial charge < -0.3 is 5.32 Å². The fraction of sp³-hybridized carbons (Fsp3) is 0.667. The van der Waals surface area contributed by atoms with Crippen LogP contribution < -0.4 is 5.32 Å². The zero-order chi connectivity index (χ0) is 3.41. The molecule has 5 heavy (non-hydrogen) atoms. The first kappa shape index (κ1) is 9.17. The standard InChI is InChI=1S/C3H8N.W/c1-3-4-2;/h4H,2-3H2,1H3;/q-1;. The van der Waals surface area contributed by atoms with Crippen molar-refractivity contribution >= 4 is 0 Å². The van der Waals surface area contributed by atoms with Crippen molar-refractivity contribution in [2.24, 2.45) is 0 Å². The molecular weight excluding hydrogens is 234 g/mol. The van der Waals surface area contributed by atoms with Gasteiger partial charge in [-0.15, -0.1) is 0 Å². The van der Waals surface area contributed by atoms with Crippen LogP contribution in [0.1, 0.15) is 6.92 Å². The van der Waals surface area contributed by atoms with Crippen LogP contribution in [0.25, 0.3) is 0 Å². The summed E-state index contributed by atoms with van der Waals surface area (Å²) in [5.74, 6) is 0. The zero-order valence-corrected chi connectivity index (χ0v) is 6.26. The molecular formula is C3H8NW-. The predicted octanol–water partition coefficient (Wildman–Crippen LogP) is 0.385. The van der Waals surface area contributed by atoms with E-state index in [0.29, 0.717) is 0 Å². The Morgan fingerprint density at radius 3 is 2.00 bits per heavy atom. The SMILES string of the molecule is [CH2-]NCC.[W]. The second-order valence-corrected chi connectivity index (χ2v) is 0.604. The number of hydrogen-bond donors (Lipinski definition) is 1. The zero-order valence-electron chi connectivity index (χ0n) is 3.32. The molecule has 0 atom stereocenters. The molecule has 1 N–H and O–H groups in total. The van der Waals surface area contributed by atoms with Crippen LogP contribution in [-0.4, -0.2) is 6.54 Å². The minimum Gasteiger partial charge on any atom is -0.473 e. The van der Waals surface area contributed by atoms with Gasteiger partial charge in [0.05, 0.1) is 0 Å². The molecule has 0 fully saturated rings. The third-order valence-corrected chi connectivity index (χ3v) is 0.250. The fourth-order valence-corrected chi connectivity index (χ4v) is 0. The number of nitrogens with one attached hydrogen (secondary N) is 1. The Morgan fingerprint density at radius 1 is 1.80 bits per heavy atom. The van der Waals surface area contributed by atoms with Gasteiger partial charge in [0.2, 0.25) is 0 Å². The van der Waals surface area contributed by atoms with Crippen LogP contribution in [-0.2, 0) is 21.1 Å². The summed E-state index contributed by atoms with van der Waals surface area (Å²) in [5, 5.41) is 2.68. The van der Waals surface area contributed by atoms with E-state index in [2.05, 4.69) is 12.4 Å². The second kappa shape index (κ2) is 8.82. The summed E-state index contributed by atoms with van der Waals surface area (Å²) in [4.78, 5) is 0. The molecule has 32 valence electrons. The summed E-state index contributed by atoms with van der Waals surface area (Å²) in [7, 11) is 3.35. The van der Waals surface area contributed by atoms with Crippen LogP contribution in [0.3, 0.4) is 0 Å². The molecule has 0 radical (unpaired) electrons. The molecule has 0 heterocycles. The van der Waals surface area contributed by atoms with Gasteiger partial charge in [-0.25, -0.2) is 0 Å². The Balaban J connectivity index is 0. The Kier molecular flexibility index (Phi) is 16.2. The molecule has 1 nitrogen and oxygen atoms in total. The number of rotatable bonds is 1. The van der Waals surface area contributed by atoms with E-state index >= 15 is 0 Å². The Hall–Kier alpha value is 0.648. The Labute approximate surface area is 47.4 Å². The summed E-state index contributed by atoms with van der Waals surface area (Å²) in [5.41, 5.74) is 0. The van der Waals surface area contributed by atoms with E-state index in [0.717, 1.165) is 6.54 Å². The van der Waals surface area contributed by atoms with Gasteiger partial charge in [-0.2, -0.15) is 0 Å². The monoisotopic (exact) mass is 242 g/mol. The molecule has 0 unspecified atom stereocenters. The molecule has 0 spiro atoms. The molecule has 2 heteroatoms. The molecule has 0 rings (SSSR count). The molecule has 0 amide bonds. The molecule has 0 aliphatic carbocycles. The smallest absolute Gasteiger partial charge is 0 e. The van der Waals surface area contributed by atoms with Crippen molar-refractivity contribution in [2.45, 2.75) is 6.92 Å². The molecule has 0 bridgehead atoms. The molecule has 0 aromatic rings. The van der Waals surface area contributed by atoms with Gasteiger partial charge in [0.25, 0.3) is 0 Å². The molecule has 0 saturated heterocycles. The Bertz CT molecular complexity index is 8.85. The summed E-state index contributed by atoms with van der Waals surface area (Å²) in [6, 6.07) is 0. The van der Waals surface area contributed by atoms with Crippen LogP contribution in [0, 0.1) is 7.05 Å². The minimum absolute atomic E-state index is 0. The maximum Gasteiger partial charge on any atom is 0 e. The van der Waals surface area contributed by atoms with E-state index in [-0.39, 0.29) is 21.1 Å².